The van der Waals surface area contributed by atoms with E-state index in [-0.39, 0.29) is 11.1 Å². The van der Waals surface area contributed by atoms with Crippen LogP contribution in [-0.2, 0) is 4.52 Å². The standard InChI is InChI=1S/C19H26NOP.C2H6/c1-18(2,20)15-19(3,4)21-22(16-11-7-5-8-12-16)17-13-9-6-10-14-17;1-2/h5-14H,15,20H2,1-4H3;1-2H3. The fraction of sp³-hybridized carbons (Fsp3) is 0.429. The van der Waals surface area contributed by atoms with Crippen LogP contribution >= 0.6 is 8.15 Å². The predicted octanol–water partition coefficient (Wildman–Crippen LogP) is 4.98. The Hall–Kier alpha value is -1.21. The van der Waals surface area contributed by atoms with E-state index < -0.39 is 8.15 Å². The molecule has 0 aromatic heterocycles. The van der Waals surface area contributed by atoms with Gasteiger partial charge in [-0.2, -0.15) is 0 Å². The van der Waals surface area contributed by atoms with Gasteiger partial charge in [0.1, 0.15) is 0 Å². The molecule has 0 aliphatic heterocycles. The molecule has 0 radical (unpaired) electrons. The maximum Gasteiger partial charge on any atom is 0.0925 e. The van der Waals surface area contributed by atoms with Crippen molar-refractivity contribution in [2.45, 2.75) is 59.1 Å². The highest BCUT2D eigenvalue weighted by atomic mass is 31.1. The second-order valence-electron chi connectivity index (χ2n) is 6.98. The molecule has 0 heterocycles. The lowest BCUT2D eigenvalue weighted by atomic mass is 9.91. The molecule has 0 bridgehead atoms. The Labute approximate surface area is 149 Å². The van der Waals surface area contributed by atoms with Gasteiger partial charge in [-0.05, 0) is 34.1 Å². The first-order chi connectivity index (χ1) is 11.3. The van der Waals surface area contributed by atoms with E-state index in [1.165, 1.54) is 10.6 Å². The van der Waals surface area contributed by atoms with Gasteiger partial charge in [-0.25, -0.2) is 0 Å². The first-order valence-corrected chi connectivity index (χ1v) is 9.91. The quantitative estimate of drug-likeness (QED) is 0.749. The second-order valence-corrected chi connectivity index (χ2v) is 8.79. The van der Waals surface area contributed by atoms with Crippen LogP contribution in [0.1, 0.15) is 48.0 Å². The normalized spacial score (nSPS) is 11.8. The molecule has 2 nitrogen and oxygen atoms in total. The van der Waals surface area contributed by atoms with E-state index in [1.807, 2.05) is 39.8 Å². The van der Waals surface area contributed by atoms with E-state index in [0.717, 1.165) is 6.42 Å². The molecule has 3 heteroatoms. The molecule has 2 aromatic carbocycles. The van der Waals surface area contributed by atoms with Crippen molar-refractivity contribution in [3.8, 4) is 0 Å². The summed E-state index contributed by atoms with van der Waals surface area (Å²) in [5, 5.41) is 2.46. The maximum absolute atomic E-state index is 6.57. The van der Waals surface area contributed by atoms with E-state index in [1.54, 1.807) is 0 Å². The number of hydrogen-bond acceptors (Lipinski definition) is 2. The highest BCUT2D eigenvalue weighted by molar-refractivity contribution is 7.68. The van der Waals surface area contributed by atoms with E-state index in [9.17, 15) is 0 Å². The van der Waals surface area contributed by atoms with Crippen molar-refractivity contribution in [3.63, 3.8) is 0 Å². The summed E-state index contributed by atoms with van der Waals surface area (Å²) < 4.78 is 6.57. The van der Waals surface area contributed by atoms with Crippen LogP contribution in [0, 0.1) is 0 Å². The summed E-state index contributed by atoms with van der Waals surface area (Å²) in [6, 6.07) is 20.9. The van der Waals surface area contributed by atoms with Crippen LogP contribution in [0.2, 0.25) is 0 Å². The fourth-order valence-electron chi connectivity index (χ4n) is 2.76. The number of benzene rings is 2. The third-order valence-electron chi connectivity index (χ3n) is 3.20. The van der Waals surface area contributed by atoms with Crippen molar-refractivity contribution >= 4 is 18.8 Å². The van der Waals surface area contributed by atoms with Crippen molar-refractivity contribution in [2.75, 3.05) is 0 Å². The minimum atomic E-state index is -0.847. The van der Waals surface area contributed by atoms with Crippen LogP contribution in [0.15, 0.2) is 60.7 Å². The van der Waals surface area contributed by atoms with Gasteiger partial charge in [-0.15, -0.1) is 0 Å². The summed E-state index contributed by atoms with van der Waals surface area (Å²) in [4.78, 5) is 0. The fourth-order valence-corrected chi connectivity index (χ4v) is 4.71. The highest BCUT2D eigenvalue weighted by Gasteiger charge is 2.31. The molecule has 2 N–H and O–H groups in total. The Morgan fingerprint density at radius 3 is 1.50 bits per heavy atom. The Balaban J connectivity index is 0.00000139. The topological polar surface area (TPSA) is 35.2 Å². The lowest BCUT2D eigenvalue weighted by Gasteiger charge is -2.35. The average Bonchev–Trinajstić information content (AvgIpc) is 2.54. The Bertz CT molecular complexity index is 536. The van der Waals surface area contributed by atoms with Crippen molar-refractivity contribution in [2.24, 2.45) is 5.73 Å². The smallest absolute Gasteiger partial charge is 0.0925 e. The first kappa shape index (κ1) is 20.8. The predicted molar refractivity (Wildman–Crippen MR) is 108 cm³/mol. The van der Waals surface area contributed by atoms with Crippen molar-refractivity contribution in [1.82, 2.24) is 0 Å². The molecular formula is C21H32NOP. The van der Waals surface area contributed by atoms with Gasteiger partial charge < -0.3 is 10.3 Å². The van der Waals surface area contributed by atoms with Gasteiger partial charge in [0.15, 0.2) is 0 Å². The third kappa shape index (κ3) is 7.13. The van der Waals surface area contributed by atoms with E-state index in [2.05, 4.69) is 62.4 Å². The third-order valence-corrected chi connectivity index (χ3v) is 5.41. The summed E-state index contributed by atoms with van der Waals surface area (Å²) in [7, 11) is -0.847. The molecule has 0 amide bonds. The molecule has 0 saturated carbocycles. The Morgan fingerprint density at radius 1 is 0.792 bits per heavy atom. The van der Waals surface area contributed by atoms with Crippen LogP contribution in [0.25, 0.3) is 0 Å². The van der Waals surface area contributed by atoms with Crippen molar-refractivity contribution < 1.29 is 4.52 Å². The molecule has 0 unspecified atom stereocenters. The van der Waals surface area contributed by atoms with E-state index >= 15 is 0 Å². The molecule has 2 aromatic rings. The summed E-state index contributed by atoms with van der Waals surface area (Å²) in [6.07, 6.45) is 0.804. The number of rotatable bonds is 6. The zero-order chi connectivity index (χ0) is 18.2. The van der Waals surface area contributed by atoms with Crippen LogP contribution in [-0.4, -0.2) is 11.1 Å². The Morgan fingerprint density at radius 2 is 1.17 bits per heavy atom. The zero-order valence-electron chi connectivity index (χ0n) is 15.9. The molecule has 0 fully saturated rings. The molecule has 0 saturated heterocycles. The maximum atomic E-state index is 6.57. The molecule has 0 aliphatic rings. The minimum Gasteiger partial charge on any atom is -0.344 e. The largest absolute Gasteiger partial charge is 0.344 e. The van der Waals surface area contributed by atoms with Gasteiger partial charge in [0.25, 0.3) is 0 Å². The van der Waals surface area contributed by atoms with Gasteiger partial charge in [-0.1, -0.05) is 74.5 Å². The molecule has 24 heavy (non-hydrogen) atoms. The summed E-state index contributed by atoms with van der Waals surface area (Å²) >= 11 is 0. The van der Waals surface area contributed by atoms with Gasteiger partial charge in [0.05, 0.1) is 13.7 Å². The number of nitrogens with two attached hydrogens (primary N) is 1. The molecular weight excluding hydrogens is 313 g/mol. The van der Waals surface area contributed by atoms with Crippen LogP contribution in [0.5, 0.6) is 0 Å². The van der Waals surface area contributed by atoms with Crippen LogP contribution in [0.4, 0.5) is 0 Å². The van der Waals surface area contributed by atoms with E-state index in [0.29, 0.717) is 0 Å². The average molecular weight is 345 g/mol. The van der Waals surface area contributed by atoms with Gasteiger partial charge in [-0.3, -0.25) is 0 Å². The van der Waals surface area contributed by atoms with Crippen molar-refractivity contribution in [3.05, 3.63) is 60.7 Å². The molecule has 132 valence electrons. The SMILES string of the molecule is CC.CC(C)(N)CC(C)(C)OP(c1ccccc1)c1ccccc1. The lowest BCUT2D eigenvalue weighted by Crippen LogP contribution is -2.41. The molecule has 0 spiro atoms. The monoisotopic (exact) mass is 345 g/mol. The highest BCUT2D eigenvalue weighted by Crippen LogP contribution is 2.41. The first-order valence-electron chi connectivity index (χ1n) is 8.65. The van der Waals surface area contributed by atoms with Gasteiger partial charge in [0, 0.05) is 16.1 Å². The summed E-state index contributed by atoms with van der Waals surface area (Å²) in [5.41, 5.74) is 5.67. The van der Waals surface area contributed by atoms with Gasteiger partial charge in [0.2, 0.25) is 0 Å². The van der Waals surface area contributed by atoms with Gasteiger partial charge >= 0.3 is 0 Å². The summed E-state index contributed by atoms with van der Waals surface area (Å²) in [6.45, 7) is 12.3. The Kier molecular flexibility index (Phi) is 8.09. The zero-order valence-corrected chi connectivity index (χ0v) is 16.8. The van der Waals surface area contributed by atoms with E-state index in [4.69, 9.17) is 10.3 Å². The lowest BCUT2D eigenvalue weighted by molar-refractivity contribution is 0.0966. The second kappa shape index (κ2) is 9.32. The molecule has 2 rings (SSSR count). The van der Waals surface area contributed by atoms with Crippen LogP contribution in [0.3, 0.4) is 0 Å². The van der Waals surface area contributed by atoms with Crippen molar-refractivity contribution in [1.29, 1.82) is 0 Å². The number of hydrogen-bond donors (Lipinski definition) is 1. The molecule has 0 atom stereocenters. The van der Waals surface area contributed by atoms with Crippen LogP contribution < -0.4 is 16.3 Å². The molecule has 0 aliphatic carbocycles. The minimum absolute atomic E-state index is 0.252. The summed E-state index contributed by atoms with van der Waals surface area (Å²) in [5.74, 6) is 0.